The lowest BCUT2D eigenvalue weighted by atomic mass is 9.98. The first-order chi connectivity index (χ1) is 20.2. The van der Waals surface area contributed by atoms with Crippen LogP contribution in [-0.4, -0.2) is 0 Å². The van der Waals surface area contributed by atoms with Gasteiger partial charge in [0, 0.05) is 17.7 Å². The van der Waals surface area contributed by atoms with Crippen molar-refractivity contribution in [3.8, 4) is 28.7 Å². The summed E-state index contributed by atoms with van der Waals surface area (Å²) < 4.78 is 161. The summed E-state index contributed by atoms with van der Waals surface area (Å²) in [6, 6.07) is 3.56. The SMILES string of the molecule is C=CCCc1cc(F)c(-c2cc(F)c(C(F)(F)Oc3cc(F)c(C#Cc4cc(F)c(F)c(F)c4)c(F)c3)c(F)c2)c(F)c1. The van der Waals surface area contributed by atoms with E-state index in [-0.39, 0.29) is 36.2 Å². The maximum Gasteiger partial charge on any atom is 0.432 e. The van der Waals surface area contributed by atoms with Crippen molar-refractivity contribution in [3.63, 3.8) is 0 Å². The molecule has 0 aliphatic carbocycles. The van der Waals surface area contributed by atoms with Gasteiger partial charge < -0.3 is 4.74 Å². The van der Waals surface area contributed by atoms with E-state index in [1.54, 1.807) is 0 Å². The van der Waals surface area contributed by atoms with Crippen molar-refractivity contribution in [2.24, 2.45) is 0 Å². The third-order valence-electron chi connectivity index (χ3n) is 5.94. The Morgan fingerprint density at radius 1 is 0.651 bits per heavy atom. The average Bonchev–Trinajstić information content (AvgIpc) is 2.88. The molecule has 0 aliphatic heterocycles. The van der Waals surface area contributed by atoms with Crippen LogP contribution in [0, 0.1) is 64.2 Å². The molecule has 0 amide bonds. The van der Waals surface area contributed by atoms with Crippen molar-refractivity contribution in [1.82, 2.24) is 0 Å². The van der Waals surface area contributed by atoms with Gasteiger partial charge in [-0.25, -0.2) is 39.5 Å². The summed E-state index contributed by atoms with van der Waals surface area (Å²) >= 11 is 0. The van der Waals surface area contributed by atoms with E-state index in [4.69, 9.17) is 0 Å². The van der Waals surface area contributed by atoms with Crippen molar-refractivity contribution in [2.75, 3.05) is 0 Å². The van der Waals surface area contributed by atoms with Crippen LogP contribution in [0.5, 0.6) is 5.75 Å². The Labute approximate surface area is 236 Å². The Kier molecular flexibility index (Phi) is 8.85. The van der Waals surface area contributed by atoms with E-state index in [0.717, 1.165) is 12.1 Å². The van der Waals surface area contributed by atoms with Gasteiger partial charge in [0.2, 0.25) is 0 Å². The maximum atomic E-state index is 14.8. The fourth-order valence-corrected chi connectivity index (χ4v) is 4.00. The van der Waals surface area contributed by atoms with Crippen molar-refractivity contribution in [3.05, 3.63) is 136 Å². The predicted octanol–water partition coefficient (Wildman–Crippen LogP) is 9.25. The molecular formula is C31H15F11O. The van der Waals surface area contributed by atoms with Gasteiger partial charge in [0.05, 0.1) is 11.1 Å². The van der Waals surface area contributed by atoms with E-state index in [0.29, 0.717) is 18.6 Å². The van der Waals surface area contributed by atoms with Crippen LogP contribution in [0.2, 0.25) is 0 Å². The molecule has 4 rings (SSSR count). The predicted molar refractivity (Wildman–Crippen MR) is 133 cm³/mol. The zero-order valence-corrected chi connectivity index (χ0v) is 21.4. The lowest BCUT2D eigenvalue weighted by molar-refractivity contribution is -0.189. The zero-order chi connectivity index (χ0) is 31.6. The van der Waals surface area contributed by atoms with Gasteiger partial charge in [0.15, 0.2) is 17.5 Å². The third kappa shape index (κ3) is 6.66. The largest absolute Gasteiger partial charge is 0.432 e. The van der Waals surface area contributed by atoms with Crippen LogP contribution >= 0.6 is 0 Å². The fourth-order valence-electron chi connectivity index (χ4n) is 4.00. The van der Waals surface area contributed by atoms with Gasteiger partial charge in [-0.2, -0.15) is 8.78 Å². The monoisotopic (exact) mass is 612 g/mol. The molecule has 0 bridgehead atoms. The van der Waals surface area contributed by atoms with E-state index in [1.165, 1.54) is 6.08 Å². The Morgan fingerprint density at radius 2 is 1.19 bits per heavy atom. The van der Waals surface area contributed by atoms with E-state index in [1.807, 2.05) is 11.8 Å². The molecular weight excluding hydrogens is 597 g/mol. The number of hydrogen-bond acceptors (Lipinski definition) is 1. The van der Waals surface area contributed by atoms with Gasteiger partial charge >= 0.3 is 6.11 Å². The van der Waals surface area contributed by atoms with Crippen molar-refractivity contribution >= 4 is 0 Å². The van der Waals surface area contributed by atoms with E-state index >= 15 is 0 Å². The molecule has 0 radical (unpaired) electrons. The molecule has 0 aliphatic rings. The highest BCUT2D eigenvalue weighted by molar-refractivity contribution is 5.66. The second-order valence-electron chi connectivity index (χ2n) is 8.96. The molecule has 0 spiro atoms. The Bertz CT molecular complexity index is 1710. The van der Waals surface area contributed by atoms with Crippen LogP contribution in [0.4, 0.5) is 48.3 Å². The molecule has 222 valence electrons. The zero-order valence-electron chi connectivity index (χ0n) is 21.4. The highest BCUT2D eigenvalue weighted by Crippen LogP contribution is 2.38. The average molecular weight is 612 g/mol. The molecule has 43 heavy (non-hydrogen) atoms. The Balaban J connectivity index is 1.63. The third-order valence-corrected chi connectivity index (χ3v) is 5.94. The van der Waals surface area contributed by atoms with Crippen molar-refractivity contribution < 1.29 is 53.0 Å². The van der Waals surface area contributed by atoms with Crippen molar-refractivity contribution in [1.29, 1.82) is 0 Å². The van der Waals surface area contributed by atoms with Gasteiger partial charge in [0.1, 0.15) is 46.2 Å². The van der Waals surface area contributed by atoms with Gasteiger partial charge in [-0.05, 0) is 60.4 Å². The van der Waals surface area contributed by atoms with Gasteiger partial charge in [0.25, 0.3) is 0 Å². The molecule has 0 heterocycles. The minimum absolute atomic E-state index is 0.190. The standard InChI is InChI=1S/C31H15F11O/c1-2-3-4-15-7-22(34)28(23(35)8-15)17-11-24(36)29(25(37)12-17)31(41,42)43-18-13-20(32)19(21(33)14-18)6-5-16-9-26(38)30(40)27(39)10-16/h2,7-14H,1,3-4H2. The Morgan fingerprint density at radius 3 is 1.70 bits per heavy atom. The molecule has 12 heteroatoms. The molecule has 0 N–H and O–H groups in total. The summed E-state index contributed by atoms with van der Waals surface area (Å²) in [5.74, 6) is -12.1. The van der Waals surface area contributed by atoms with E-state index in [9.17, 15) is 48.3 Å². The summed E-state index contributed by atoms with van der Waals surface area (Å²) in [7, 11) is 0. The number of ether oxygens (including phenoxy) is 1. The number of aryl methyl sites for hydroxylation is 1. The van der Waals surface area contributed by atoms with Crippen LogP contribution in [0.1, 0.15) is 28.7 Å². The number of halogens is 11. The molecule has 0 aromatic heterocycles. The van der Waals surface area contributed by atoms with Gasteiger partial charge in [-0.1, -0.05) is 17.9 Å². The number of hydrogen-bond donors (Lipinski definition) is 0. The van der Waals surface area contributed by atoms with Crippen LogP contribution in [0.15, 0.2) is 61.2 Å². The first-order valence-electron chi connectivity index (χ1n) is 12.0. The summed E-state index contributed by atoms with van der Waals surface area (Å²) in [6.45, 7) is 3.48. The van der Waals surface area contributed by atoms with Crippen molar-refractivity contribution in [2.45, 2.75) is 19.0 Å². The van der Waals surface area contributed by atoms with Gasteiger partial charge in [-0.3, -0.25) is 0 Å². The number of benzene rings is 4. The smallest absolute Gasteiger partial charge is 0.429 e. The van der Waals surface area contributed by atoms with Crippen LogP contribution in [-0.2, 0) is 12.5 Å². The molecule has 4 aromatic carbocycles. The summed E-state index contributed by atoms with van der Waals surface area (Å²) in [5, 5.41) is 0. The molecule has 0 saturated carbocycles. The van der Waals surface area contributed by atoms with E-state index < -0.39 is 92.0 Å². The number of alkyl halides is 2. The maximum absolute atomic E-state index is 14.8. The Hall–Kier alpha value is -4.79. The first kappa shape index (κ1) is 31.2. The minimum Gasteiger partial charge on any atom is -0.429 e. The molecule has 0 saturated heterocycles. The minimum atomic E-state index is -4.90. The molecule has 0 fully saturated rings. The van der Waals surface area contributed by atoms with Gasteiger partial charge in [-0.15, -0.1) is 6.58 Å². The second kappa shape index (κ2) is 12.2. The lowest BCUT2D eigenvalue weighted by Crippen LogP contribution is -2.25. The van der Waals surface area contributed by atoms with Crippen LogP contribution in [0.25, 0.3) is 11.1 Å². The summed E-state index contributed by atoms with van der Waals surface area (Å²) in [5.41, 5.74) is -5.03. The highest BCUT2D eigenvalue weighted by Gasteiger charge is 2.41. The molecule has 0 unspecified atom stereocenters. The number of rotatable bonds is 7. The van der Waals surface area contributed by atoms with Crippen LogP contribution in [0.3, 0.4) is 0 Å². The first-order valence-corrected chi connectivity index (χ1v) is 12.0. The quantitative estimate of drug-likeness (QED) is 0.0875. The molecule has 4 aromatic rings. The number of allylic oxidation sites excluding steroid dienone is 1. The van der Waals surface area contributed by atoms with Crippen LogP contribution < -0.4 is 4.74 Å². The molecule has 1 nitrogen and oxygen atoms in total. The summed E-state index contributed by atoms with van der Waals surface area (Å²) in [6.07, 6.45) is -2.80. The van der Waals surface area contributed by atoms with E-state index in [2.05, 4.69) is 11.3 Å². The molecule has 0 atom stereocenters. The fraction of sp³-hybridized carbons (Fsp3) is 0.0968. The normalized spacial score (nSPS) is 11.2. The summed E-state index contributed by atoms with van der Waals surface area (Å²) in [4.78, 5) is 0. The topological polar surface area (TPSA) is 9.23 Å². The lowest BCUT2D eigenvalue weighted by Gasteiger charge is -2.20. The highest BCUT2D eigenvalue weighted by atomic mass is 19.3. The second-order valence-corrected chi connectivity index (χ2v) is 8.96.